The first-order valence-electron chi connectivity index (χ1n) is 5.93. The lowest BCUT2D eigenvalue weighted by Crippen LogP contribution is -2.02. The molecule has 0 aliphatic heterocycles. The van der Waals surface area contributed by atoms with Gasteiger partial charge in [-0.05, 0) is 12.1 Å². The monoisotopic (exact) mass is 269 g/mol. The second-order valence-corrected chi connectivity index (χ2v) is 4.23. The highest BCUT2D eigenvalue weighted by molar-refractivity contribution is 5.98. The number of carboxylic acid groups (broad SMARTS) is 1. The largest absolute Gasteiger partial charge is 0.477 e. The third kappa shape index (κ3) is 1.97. The predicted molar refractivity (Wildman–Crippen MR) is 72.0 cm³/mol. The molecule has 3 aromatic rings. The number of aromatic nitrogens is 3. The van der Waals surface area contributed by atoms with E-state index in [1.165, 1.54) is 6.20 Å². The van der Waals surface area contributed by atoms with Crippen LogP contribution in [0.25, 0.3) is 11.0 Å². The van der Waals surface area contributed by atoms with E-state index in [1.54, 1.807) is 30.1 Å². The molecule has 0 spiro atoms. The number of hydrogen-bond donors (Lipinski definition) is 1. The van der Waals surface area contributed by atoms with Crippen molar-refractivity contribution in [3.05, 3.63) is 48.3 Å². The summed E-state index contributed by atoms with van der Waals surface area (Å²) in [6.07, 6.45) is 2.83. The van der Waals surface area contributed by atoms with Crippen molar-refractivity contribution in [1.82, 2.24) is 14.8 Å². The molecule has 6 nitrogen and oxygen atoms in total. The Hall–Kier alpha value is -2.89. The van der Waals surface area contributed by atoms with Gasteiger partial charge in [0.05, 0.1) is 11.6 Å². The molecule has 1 aromatic carbocycles. The number of rotatable bonds is 3. The molecule has 2 aromatic heterocycles. The van der Waals surface area contributed by atoms with E-state index in [-0.39, 0.29) is 11.3 Å². The average Bonchev–Trinajstić information content (AvgIpc) is 2.82. The van der Waals surface area contributed by atoms with Crippen LogP contribution in [0.15, 0.2) is 42.7 Å². The van der Waals surface area contributed by atoms with E-state index in [2.05, 4.69) is 10.1 Å². The number of para-hydroxylation sites is 1. The number of benzene rings is 1. The number of aromatic carboxylic acids is 1. The molecule has 0 aliphatic carbocycles. The summed E-state index contributed by atoms with van der Waals surface area (Å²) in [5, 5.41) is 13.9. The molecule has 0 radical (unpaired) electrons. The Morgan fingerprint density at radius 3 is 2.70 bits per heavy atom. The van der Waals surface area contributed by atoms with E-state index >= 15 is 0 Å². The Labute approximate surface area is 114 Å². The van der Waals surface area contributed by atoms with Gasteiger partial charge in [0.25, 0.3) is 0 Å². The minimum atomic E-state index is -1.09. The molecule has 100 valence electrons. The third-order valence-corrected chi connectivity index (χ3v) is 2.91. The van der Waals surface area contributed by atoms with Gasteiger partial charge in [-0.1, -0.05) is 18.2 Å². The van der Waals surface area contributed by atoms with Gasteiger partial charge < -0.3 is 9.84 Å². The van der Waals surface area contributed by atoms with Crippen LogP contribution >= 0.6 is 0 Å². The first-order chi connectivity index (χ1) is 9.66. The number of hydrogen-bond acceptors (Lipinski definition) is 4. The number of aryl methyl sites for hydroxylation is 1. The maximum absolute atomic E-state index is 11.3. The summed E-state index contributed by atoms with van der Waals surface area (Å²) >= 11 is 0. The van der Waals surface area contributed by atoms with Gasteiger partial charge in [0, 0.05) is 13.2 Å². The molecule has 2 heterocycles. The molecule has 3 rings (SSSR count). The standard InChI is InChI=1S/C14H11N3O3/c1-17-13-10(8-16-17)12(11(7-15-13)14(18)19)20-9-5-3-2-4-6-9/h2-8H,1H3,(H,18,19). The van der Waals surface area contributed by atoms with Crippen LogP contribution in [-0.4, -0.2) is 25.8 Å². The molecule has 0 saturated heterocycles. The van der Waals surface area contributed by atoms with Crippen molar-refractivity contribution in [3.8, 4) is 11.5 Å². The van der Waals surface area contributed by atoms with Crippen LogP contribution in [0.3, 0.4) is 0 Å². The Morgan fingerprint density at radius 1 is 1.25 bits per heavy atom. The Kier molecular flexibility index (Phi) is 2.83. The molecule has 1 N–H and O–H groups in total. The molecule has 0 unspecified atom stereocenters. The summed E-state index contributed by atoms with van der Waals surface area (Å²) in [7, 11) is 1.74. The Bertz CT molecular complexity index is 781. The quantitative estimate of drug-likeness (QED) is 0.790. The Morgan fingerprint density at radius 2 is 2.00 bits per heavy atom. The second-order valence-electron chi connectivity index (χ2n) is 4.23. The van der Waals surface area contributed by atoms with E-state index in [0.29, 0.717) is 16.8 Å². The molecular formula is C14H11N3O3. The summed E-state index contributed by atoms with van der Waals surface area (Å²) < 4.78 is 7.29. The summed E-state index contributed by atoms with van der Waals surface area (Å²) in [5.41, 5.74) is 0.579. The maximum Gasteiger partial charge on any atom is 0.341 e. The molecule has 6 heteroatoms. The molecular weight excluding hydrogens is 258 g/mol. The summed E-state index contributed by atoms with van der Waals surface area (Å²) in [4.78, 5) is 15.4. The van der Waals surface area contributed by atoms with Crippen LogP contribution in [0.2, 0.25) is 0 Å². The van der Waals surface area contributed by atoms with Gasteiger partial charge in [-0.15, -0.1) is 0 Å². The zero-order valence-electron chi connectivity index (χ0n) is 10.6. The van der Waals surface area contributed by atoms with Crippen molar-refractivity contribution in [1.29, 1.82) is 0 Å². The summed E-state index contributed by atoms with van der Waals surface area (Å²) in [5.74, 6) is -0.276. The number of pyridine rings is 1. The molecule has 0 bridgehead atoms. The van der Waals surface area contributed by atoms with Gasteiger partial charge >= 0.3 is 5.97 Å². The minimum absolute atomic E-state index is 0.00866. The lowest BCUT2D eigenvalue weighted by Gasteiger charge is -2.09. The summed E-state index contributed by atoms with van der Waals surface area (Å²) in [6.45, 7) is 0. The smallest absolute Gasteiger partial charge is 0.341 e. The highest BCUT2D eigenvalue weighted by Crippen LogP contribution is 2.32. The molecule has 0 aliphatic rings. The zero-order chi connectivity index (χ0) is 14.1. The summed E-state index contributed by atoms with van der Waals surface area (Å²) in [6, 6.07) is 9.01. The van der Waals surface area contributed by atoms with Gasteiger partial charge in [-0.2, -0.15) is 5.10 Å². The number of fused-ring (bicyclic) bond motifs is 1. The topological polar surface area (TPSA) is 77.2 Å². The van der Waals surface area contributed by atoms with Crippen molar-refractivity contribution in [2.24, 2.45) is 7.05 Å². The lowest BCUT2D eigenvalue weighted by molar-refractivity contribution is 0.0694. The van der Waals surface area contributed by atoms with Crippen LogP contribution in [0, 0.1) is 0 Å². The van der Waals surface area contributed by atoms with Crippen LogP contribution in [0.5, 0.6) is 11.5 Å². The third-order valence-electron chi connectivity index (χ3n) is 2.91. The van der Waals surface area contributed by atoms with Crippen LogP contribution in [0.4, 0.5) is 0 Å². The number of ether oxygens (including phenoxy) is 1. The van der Waals surface area contributed by atoms with Crippen molar-refractivity contribution in [2.45, 2.75) is 0 Å². The number of carboxylic acids is 1. The second kappa shape index (κ2) is 4.65. The van der Waals surface area contributed by atoms with Crippen molar-refractivity contribution in [2.75, 3.05) is 0 Å². The van der Waals surface area contributed by atoms with Gasteiger partial charge in [0.2, 0.25) is 0 Å². The van der Waals surface area contributed by atoms with E-state index in [9.17, 15) is 9.90 Å². The molecule has 0 atom stereocenters. The molecule has 0 fully saturated rings. The van der Waals surface area contributed by atoms with Crippen molar-refractivity contribution < 1.29 is 14.6 Å². The normalized spacial score (nSPS) is 10.7. The Balaban J connectivity index is 2.20. The molecule has 20 heavy (non-hydrogen) atoms. The fourth-order valence-corrected chi connectivity index (χ4v) is 1.94. The van der Waals surface area contributed by atoms with Gasteiger partial charge in [-0.3, -0.25) is 4.68 Å². The van der Waals surface area contributed by atoms with Crippen LogP contribution in [0.1, 0.15) is 10.4 Å². The first kappa shape index (κ1) is 12.2. The minimum Gasteiger partial charge on any atom is -0.477 e. The van der Waals surface area contributed by atoms with Gasteiger partial charge in [-0.25, -0.2) is 9.78 Å². The maximum atomic E-state index is 11.3. The highest BCUT2D eigenvalue weighted by Gasteiger charge is 2.18. The average molecular weight is 269 g/mol. The van der Waals surface area contributed by atoms with Gasteiger partial charge in [0.1, 0.15) is 11.3 Å². The van der Waals surface area contributed by atoms with E-state index < -0.39 is 5.97 Å². The van der Waals surface area contributed by atoms with Crippen molar-refractivity contribution in [3.63, 3.8) is 0 Å². The fraction of sp³-hybridized carbons (Fsp3) is 0.0714. The van der Waals surface area contributed by atoms with E-state index in [0.717, 1.165) is 0 Å². The van der Waals surface area contributed by atoms with E-state index in [4.69, 9.17) is 4.74 Å². The molecule has 0 saturated carbocycles. The van der Waals surface area contributed by atoms with Crippen LogP contribution < -0.4 is 4.74 Å². The predicted octanol–water partition coefficient (Wildman–Crippen LogP) is 2.46. The lowest BCUT2D eigenvalue weighted by atomic mass is 10.2. The zero-order valence-corrected chi connectivity index (χ0v) is 10.6. The van der Waals surface area contributed by atoms with Crippen LogP contribution in [-0.2, 0) is 7.05 Å². The highest BCUT2D eigenvalue weighted by atomic mass is 16.5. The van der Waals surface area contributed by atoms with Gasteiger partial charge in [0.15, 0.2) is 11.4 Å². The van der Waals surface area contributed by atoms with Crippen molar-refractivity contribution >= 4 is 17.0 Å². The first-order valence-corrected chi connectivity index (χ1v) is 5.93. The fourth-order valence-electron chi connectivity index (χ4n) is 1.94. The van der Waals surface area contributed by atoms with E-state index in [1.807, 2.05) is 18.2 Å². The molecule has 0 amide bonds. The number of carbonyl (C=O) groups is 1. The number of nitrogens with zero attached hydrogens (tertiary/aromatic N) is 3. The SMILES string of the molecule is Cn1ncc2c(Oc3ccccc3)c(C(=O)O)cnc21.